The van der Waals surface area contributed by atoms with Gasteiger partial charge in [-0.15, -0.1) is 0 Å². The predicted octanol–water partition coefficient (Wildman–Crippen LogP) is 4.71. The quantitative estimate of drug-likeness (QED) is 0.172. The molecule has 3 aromatic carbocycles. The molecule has 0 bridgehead atoms. The van der Waals surface area contributed by atoms with E-state index in [-0.39, 0.29) is 43.6 Å². The van der Waals surface area contributed by atoms with Gasteiger partial charge in [0, 0.05) is 44.0 Å². The maximum atomic E-state index is 12.1. The van der Waals surface area contributed by atoms with Crippen LogP contribution < -0.4 is 10.8 Å². The van der Waals surface area contributed by atoms with Crippen LogP contribution in [0.4, 0.5) is 0 Å². The Kier molecular flexibility index (Phi) is 11.6. The van der Waals surface area contributed by atoms with Gasteiger partial charge in [0.15, 0.2) is 6.29 Å². The van der Waals surface area contributed by atoms with Crippen molar-refractivity contribution in [2.24, 2.45) is 0 Å². The number of ether oxygens (including phenoxy) is 2. The van der Waals surface area contributed by atoms with Crippen molar-refractivity contribution in [3.8, 4) is 0 Å². The minimum absolute atomic E-state index is 0.00396. The molecule has 0 aliphatic carbocycles. The van der Waals surface area contributed by atoms with E-state index in [0.29, 0.717) is 19.4 Å². The van der Waals surface area contributed by atoms with Gasteiger partial charge in [-0.3, -0.25) is 19.7 Å². The summed E-state index contributed by atoms with van der Waals surface area (Å²) in [5.41, 5.74) is 6.53. The number of nitrogens with one attached hydrogen (secondary N) is 2. The number of aliphatic hydroxyl groups is 1. The topological polar surface area (TPSA) is 120 Å². The van der Waals surface area contributed by atoms with E-state index in [9.17, 15) is 14.7 Å². The molecule has 4 N–H and O–H groups in total. The Morgan fingerprint density at radius 2 is 1.55 bits per heavy atom. The van der Waals surface area contributed by atoms with Crippen LogP contribution in [0, 0.1) is 0 Å². The van der Waals surface area contributed by atoms with Gasteiger partial charge in [-0.25, -0.2) is 5.48 Å². The summed E-state index contributed by atoms with van der Waals surface area (Å²) in [6.07, 6.45) is 0.544. The third-order valence-corrected chi connectivity index (χ3v) is 7.72. The van der Waals surface area contributed by atoms with E-state index in [2.05, 4.69) is 48.5 Å². The van der Waals surface area contributed by atoms with Crippen LogP contribution in [0.1, 0.15) is 78.9 Å². The van der Waals surface area contributed by atoms with Crippen molar-refractivity contribution in [3.63, 3.8) is 0 Å². The van der Waals surface area contributed by atoms with Crippen LogP contribution in [0.3, 0.4) is 0 Å². The SMILES string of the molecule is C[C@@H](c1ccccc1)N(C)C[C@@H]1C[C@H](c2ccc(CO)cc2)O[C@H](c2ccc(CNC(=O)CCCC(=O)NO)cc2)O1. The highest BCUT2D eigenvalue weighted by molar-refractivity contribution is 5.78. The molecule has 9 heteroatoms. The molecule has 0 spiro atoms. The minimum Gasteiger partial charge on any atom is -0.392 e. The first-order valence-corrected chi connectivity index (χ1v) is 14.4. The zero-order valence-electron chi connectivity index (χ0n) is 24.2. The summed E-state index contributed by atoms with van der Waals surface area (Å²) in [4.78, 5) is 25.5. The normalized spacial score (nSPS) is 19.3. The summed E-state index contributed by atoms with van der Waals surface area (Å²) in [5, 5.41) is 20.9. The molecular formula is C33H41N3O6. The molecule has 0 unspecified atom stereocenters. The van der Waals surface area contributed by atoms with Crippen molar-refractivity contribution >= 4 is 11.8 Å². The van der Waals surface area contributed by atoms with Gasteiger partial charge in [0.05, 0.1) is 18.8 Å². The third-order valence-electron chi connectivity index (χ3n) is 7.72. The second kappa shape index (κ2) is 15.6. The number of aliphatic hydroxyl groups excluding tert-OH is 1. The molecule has 4 rings (SSSR count). The first kappa shape index (κ1) is 31.3. The molecule has 224 valence electrons. The van der Waals surface area contributed by atoms with E-state index in [4.69, 9.17) is 14.7 Å². The zero-order valence-corrected chi connectivity index (χ0v) is 24.2. The molecular weight excluding hydrogens is 534 g/mol. The lowest BCUT2D eigenvalue weighted by atomic mass is 9.99. The number of carbonyl (C=O) groups excluding carboxylic acids is 2. The number of hydrogen-bond donors (Lipinski definition) is 4. The summed E-state index contributed by atoms with van der Waals surface area (Å²) >= 11 is 0. The molecule has 0 saturated carbocycles. The van der Waals surface area contributed by atoms with E-state index < -0.39 is 12.2 Å². The van der Waals surface area contributed by atoms with E-state index >= 15 is 0 Å². The van der Waals surface area contributed by atoms with Crippen molar-refractivity contribution in [2.75, 3.05) is 13.6 Å². The molecule has 4 atom stereocenters. The first-order valence-electron chi connectivity index (χ1n) is 14.4. The Hall–Kier alpha value is -3.60. The number of hydrogen-bond acceptors (Lipinski definition) is 7. The van der Waals surface area contributed by atoms with E-state index in [1.165, 1.54) is 5.56 Å². The lowest BCUT2D eigenvalue weighted by Crippen LogP contribution is -2.38. The highest BCUT2D eigenvalue weighted by atomic mass is 16.7. The first-order chi connectivity index (χ1) is 20.4. The highest BCUT2D eigenvalue weighted by Crippen LogP contribution is 2.38. The fourth-order valence-corrected chi connectivity index (χ4v) is 5.05. The van der Waals surface area contributed by atoms with Crippen LogP contribution in [0.15, 0.2) is 78.9 Å². The summed E-state index contributed by atoms with van der Waals surface area (Å²) < 4.78 is 13.0. The number of likely N-dealkylation sites (N-methyl/N-ethyl adjacent to an activating group) is 1. The summed E-state index contributed by atoms with van der Waals surface area (Å²) in [7, 11) is 2.11. The molecule has 0 radical (unpaired) electrons. The third kappa shape index (κ3) is 8.95. The predicted molar refractivity (Wildman–Crippen MR) is 158 cm³/mol. The second-order valence-electron chi connectivity index (χ2n) is 10.8. The molecule has 1 fully saturated rings. The summed E-state index contributed by atoms with van der Waals surface area (Å²) in [6.45, 7) is 3.28. The molecule has 3 aromatic rings. The number of amides is 2. The number of nitrogens with zero attached hydrogens (tertiary/aromatic N) is 1. The Balaban J connectivity index is 1.41. The fraction of sp³-hybridized carbons (Fsp3) is 0.394. The smallest absolute Gasteiger partial charge is 0.243 e. The van der Waals surface area contributed by atoms with Crippen molar-refractivity contribution in [3.05, 3.63) is 107 Å². The van der Waals surface area contributed by atoms with Gasteiger partial charge in [0.1, 0.15) is 0 Å². The van der Waals surface area contributed by atoms with Crippen LogP contribution in [0.2, 0.25) is 0 Å². The fourth-order valence-electron chi connectivity index (χ4n) is 5.05. The van der Waals surface area contributed by atoms with Gasteiger partial charge in [-0.2, -0.15) is 0 Å². The maximum absolute atomic E-state index is 12.1. The number of benzene rings is 3. The Morgan fingerprint density at radius 3 is 2.21 bits per heavy atom. The number of hydroxylamine groups is 1. The minimum atomic E-state index is -0.562. The van der Waals surface area contributed by atoms with Gasteiger partial charge in [0.2, 0.25) is 11.8 Å². The summed E-state index contributed by atoms with van der Waals surface area (Å²) in [6, 6.07) is 26.3. The Morgan fingerprint density at radius 1 is 0.905 bits per heavy atom. The summed E-state index contributed by atoms with van der Waals surface area (Å²) in [5.74, 6) is -0.662. The molecule has 1 aliphatic heterocycles. The molecule has 9 nitrogen and oxygen atoms in total. The Bertz CT molecular complexity index is 1270. The standard InChI is InChI=1S/C33H41N3O6/c1-23(26-7-4-3-5-8-26)36(2)21-29-19-30(27-15-13-25(22-37)14-16-27)42-33(41-29)28-17-11-24(12-18-28)20-34-31(38)9-6-10-32(39)35-40/h3-5,7-8,11-18,23,29-30,33,37,40H,6,9-10,19-22H2,1-2H3,(H,34,38)(H,35,39)/t23-,29-,30+,33+/m0/s1. The molecule has 2 amide bonds. The highest BCUT2D eigenvalue weighted by Gasteiger charge is 2.33. The maximum Gasteiger partial charge on any atom is 0.243 e. The van der Waals surface area contributed by atoms with Crippen molar-refractivity contribution < 1.29 is 29.4 Å². The molecule has 1 saturated heterocycles. The molecule has 1 aliphatic rings. The van der Waals surface area contributed by atoms with Crippen molar-refractivity contribution in [1.82, 2.24) is 15.7 Å². The van der Waals surface area contributed by atoms with Gasteiger partial charge >= 0.3 is 0 Å². The van der Waals surface area contributed by atoms with Crippen molar-refractivity contribution in [2.45, 2.75) is 70.3 Å². The number of rotatable bonds is 13. The number of carbonyl (C=O) groups is 2. The van der Waals surface area contributed by atoms with Gasteiger partial charge in [-0.1, -0.05) is 78.9 Å². The van der Waals surface area contributed by atoms with Crippen LogP contribution in [-0.4, -0.2) is 46.7 Å². The van der Waals surface area contributed by atoms with E-state index in [0.717, 1.165) is 28.8 Å². The molecule has 1 heterocycles. The van der Waals surface area contributed by atoms with Crippen LogP contribution in [0.5, 0.6) is 0 Å². The van der Waals surface area contributed by atoms with Gasteiger partial charge in [-0.05, 0) is 42.6 Å². The second-order valence-corrected chi connectivity index (χ2v) is 10.8. The zero-order chi connectivity index (χ0) is 29.9. The van der Waals surface area contributed by atoms with Crippen molar-refractivity contribution in [1.29, 1.82) is 0 Å². The Labute approximate surface area is 247 Å². The lowest BCUT2D eigenvalue weighted by Gasteiger charge is -2.39. The van der Waals surface area contributed by atoms with Crippen LogP contribution in [-0.2, 0) is 32.2 Å². The van der Waals surface area contributed by atoms with Crippen LogP contribution >= 0.6 is 0 Å². The average molecular weight is 576 g/mol. The van der Waals surface area contributed by atoms with Crippen LogP contribution in [0.25, 0.3) is 0 Å². The monoisotopic (exact) mass is 575 g/mol. The van der Waals surface area contributed by atoms with E-state index in [1.807, 2.05) is 54.6 Å². The van der Waals surface area contributed by atoms with Gasteiger partial charge < -0.3 is 19.9 Å². The largest absolute Gasteiger partial charge is 0.392 e. The average Bonchev–Trinajstić information content (AvgIpc) is 3.03. The lowest BCUT2D eigenvalue weighted by molar-refractivity contribution is -0.253. The van der Waals surface area contributed by atoms with Gasteiger partial charge in [0.25, 0.3) is 0 Å². The molecule has 42 heavy (non-hydrogen) atoms. The van der Waals surface area contributed by atoms with E-state index in [1.54, 1.807) is 5.48 Å². The molecule has 0 aromatic heterocycles.